The van der Waals surface area contributed by atoms with Crippen LogP contribution < -0.4 is 4.52 Å². The van der Waals surface area contributed by atoms with Crippen molar-refractivity contribution in [2.24, 2.45) is 0 Å². The topological polar surface area (TPSA) is 138 Å². The van der Waals surface area contributed by atoms with E-state index in [1.165, 1.54) is 12.1 Å². The number of rotatable bonds is 9. The lowest BCUT2D eigenvalue weighted by Gasteiger charge is -2.19. The molecule has 0 aliphatic rings. The van der Waals surface area contributed by atoms with Gasteiger partial charge in [0.1, 0.15) is 5.75 Å². The number of benzene rings is 2. The van der Waals surface area contributed by atoms with E-state index in [0.29, 0.717) is 6.07 Å². The third kappa shape index (κ3) is 7.11. The van der Waals surface area contributed by atoms with Crippen LogP contribution in [0.2, 0.25) is 0 Å². The van der Waals surface area contributed by atoms with Crippen LogP contribution in [0.1, 0.15) is 16.7 Å². The zero-order valence-electron chi connectivity index (χ0n) is 15.9. The van der Waals surface area contributed by atoms with Gasteiger partial charge in [-0.3, -0.25) is 4.57 Å². The molecule has 0 heterocycles. The van der Waals surface area contributed by atoms with Crippen molar-refractivity contribution >= 4 is 56.9 Å². The van der Waals surface area contributed by atoms with Gasteiger partial charge < -0.3 is 19.2 Å². The van der Waals surface area contributed by atoms with E-state index in [-0.39, 0.29) is 15.6 Å². The van der Waals surface area contributed by atoms with Crippen molar-refractivity contribution in [3.8, 4) is 5.75 Å². The number of hydrogen-bond acceptors (Lipinski definition) is 5. The van der Waals surface area contributed by atoms with Gasteiger partial charge in [0, 0.05) is 10.0 Å². The monoisotopic (exact) mass is 662 g/mol. The average Bonchev–Trinajstić information content (AvgIpc) is 2.62. The molecule has 33 heavy (non-hydrogen) atoms. The summed E-state index contributed by atoms with van der Waals surface area (Å²) in [5.41, 5.74) is -5.30. The largest absolute Gasteiger partial charge is 0.442 e. The SMILES string of the molecule is O=P(O)(Oc1ccc(CS(=O)(=O)Cc2ccc(C(F)(F)P(=O)(O)O)c(Br)c2)cc1Br)C(F)F. The van der Waals surface area contributed by atoms with E-state index in [9.17, 15) is 35.1 Å². The molecule has 184 valence electrons. The third-order valence-electron chi connectivity index (χ3n) is 3.97. The van der Waals surface area contributed by atoms with Crippen LogP contribution >= 0.6 is 47.1 Å². The van der Waals surface area contributed by atoms with Crippen LogP contribution in [0.3, 0.4) is 0 Å². The van der Waals surface area contributed by atoms with E-state index < -0.39 is 64.2 Å². The van der Waals surface area contributed by atoms with Crippen LogP contribution in [0.4, 0.5) is 17.6 Å². The van der Waals surface area contributed by atoms with Gasteiger partial charge in [-0.05, 0) is 45.3 Å². The molecule has 2 aromatic carbocycles. The maximum Gasteiger partial charge on any atom is 0.442 e. The molecule has 0 spiro atoms. The van der Waals surface area contributed by atoms with Crippen LogP contribution in [0.15, 0.2) is 45.3 Å². The Kier molecular flexibility index (Phi) is 8.67. The van der Waals surface area contributed by atoms with E-state index in [0.717, 1.165) is 18.2 Å². The smallest absolute Gasteiger partial charge is 0.420 e. The second kappa shape index (κ2) is 10.1. The van der Waals surface area contributed by atoms with Crippen molar-refractivity contribution in [3.05, 3.63) is 62.0 Å². The van der Waals surface area contributed by atoms with E-state index in [4.69, 9.17) is 14.7 Å². The van der Waals surface area contributed by atoms with E-state index in [1.807, 2.05) is 0 Å². The molecule has 0 aromatic heterocycles. The van der Waals surface area contributed by atoms with Crippen LogP contribution in [0, 0.1) is 0 Å². The molecule has 8 nitrogen and oxygen atoms in total. The van der Waals surface area contributed by atoms with Crippen molar-refractivity contribution < 1.29 is 54.3 Å². The molecule has 0 aliphatic carbocycles. The molecular formula is C16H14Br2F4O8P2S. The fraction of sp³-hybridized carbons (Fsp3) is 0.250. The van der Waals surface area contributed by atoms with Crippen molar-refractivity contribution in [2.45, 2.75) is 23.3 Å². The molecule has 0 aliphatic heterocycles. The molecule has 2 rings (SSSR count). The van der Waals surface area contributed by atoms with Crippen LogP contribution in [-0.2, 0) is 36.1 Å². The zero-order valence-corrected chi connectivity index (χ0v) is 21.7. The lowest BCUT2D eigenvalue weighted by Crippen LogP contribution is -2.15. The van der Waals surface area contributed by atoms with Crippen LogP contribution in [-0.4, -0.2) is 29.3 Å². The summed E-state index contributed by atoms with van der Waals surface area (Å²) in [7, 11) is -15.0. The summed E-state index contributed by atoms with van der Waals surface area (Å²) in [4.78, 5) is 26.8. The molecule has 1 unspecified atom stereocenters. The van der Waals surface area contributed by atoms with Crippen molar-refractivity contribution in [1.82, 2.24) is 0 Å². The van der Waals surface area contributed by atoms with Gasteiger partial charge in [0.05, 0.1) is 16.0 Å². The Morgan fingerprint density at radius 3 is 1.85 bits per heavy atom. The Labute approximate surface area is 201 Å². The Balaban J connectivity index is 2.21. The lowest BCUT2D eigenvalue weighted by molar-refractivity contribution is 0.0557. The summed E-state index contributed by atoms with van der Waals surface area (Å²) in [5, 5.41) is 0. The Hall–Kier alpha value is -0.790. The molecule has 0 bridgehead atoms. The van der Waals surface area contributed by atoms with Gasteiger partial charge in [-0.1, -0.05) is 34.1 Å². The first-order valence-electron chi connectivity index (χ1n) is 8.37. The highest BCUT2D eigenvalue weighted by molar-refractivity contribution is 9.10. The number of halogens is 6. The van der Waals surface area contributed by atoms with Gasteiger partial charge in [0.2, 0.25) is 0 Å². The van der Waals surface area contributed by atoms with Gasteiger partial charge in [0.15, 0.2) is 9.84 Å². The minimum atomic E-state index is -5.82. The normalized spacial score (nSPS) is 14.8. The first kappa shape index (κ1) is 28.4. The first-order valence-corrected chi connectivity index (χ1v) is 15.0. The van der Waals surface area contributed by atoms with Crippen molar-refractivity contribution in [3.63, 3.8) is 0 Å². The van der Waals surface area contributed by atoms with E-state index in [1.54, 1.807) is 0 Å². The van der Waals surface area contributed by atoms with Crippen molar-refractivity contribution in [2.75, 3.05) is 0 Å². The molecule has 0 saturated heterocycles. The molecule has 17 heteroatoms. The summed E-state index contributed by atoms with van der Waals surface area (Å²) in [6, 6.07) is 6.05. The molecular weight excluding hydrogens is 650 g/mol. The van der Waals surface area contributed by atoms with Gasteiger partial charge >= 0.3 is 27.0 Å². The average molecular weight is 664 g/mol. The predicted molar refractivity (Wildman–Crippen MR) is 117 cm³/mol. The predicted octanol–water partition coefficient (Wildman–Crippen LogP) is 5.34. The fourth-order valence-electron chi connectivity index (χ4n) is 2.50. The highest BCUT2D eigenvalue weighted by atomic mass is 79.9. The Bertz CT molecular complexity index is 1250. The molecule has 0 amide bonds. The zero-order chi connectivity index (χ0) is 25.4. The number of sulfone groups is 1. The minimum absolute atomic E-state index is 0.0457. The van der Waals surface area contributed by atoms with Gasteiger partial charge in [0.25, 0.3) is 0 Å². The molecule has 0 radical (unpaired) electrons. The summed E-state index contributed by atoms with van der Waals surface area (Å²) in [6.07, 6.45) is -3.64. The Morgan fingerprint density at radius 1 is 0.939 bits per heavy atom. The Morgan fingerprint density at radius 2 is 1.42 bits per heavy atom. The standard InChI is InChI=1S/C16H14Br2F4O8P2S/c17-12-5-9(1-3-11(12)16(21,22)32(25,26)27)7-33(28,29)8-10-2-4-14(13(18)6-10)30-31(23,24)15(19)20/h1-6,15H,7-8H2,(H,23,24)(H2,25,26,27). The van der Waals surface area contributed by atoms with E-state index >= 15 is 0 Å². The van der Waals surface area contributed by atoms with Gasteiger partial charge in [-0.15, -0.1) is 0 Å². The highest BCUT2D eigenvalue weighted by Gasteiger charge is 2.51. The highest BCUT2D eigenvalue weighted by Crippen LogP contribution is 2.60. The quantitative estimate of drug-likeness (QED) is 0.242. The van der Waals surface area contributed by atoms with Crippen LogP contribution in [0.25, 0.3) is 0 Å². The summed E-state index contributed by atoms with van der Waals surface area (Å²) in [5.74, 6) is -1.61. The molecule has 2 aromatic rings. The molecule has 0 saturated carbocycles. The van der Waals surface area contributed by atoms with Crippen LogP contribution in [0.5, 0.6) is 5.75 Å². The second-order valence-electron chi connectivity index (χ2n) is 6.63. The number of hydrogen-bond donors (Lipinski definition) is 3. The molecule has 3 N–H and O–H groups in total. The summed E-state index contributed by atoms with van der Waals surface area (Å²) >= 11 is 5.70. The summed E-state index contributed by atoms with van der Waals surface area (Å²) in [6.45, 7) is 0. The maximum atomic E-state index is 13.9. The number of alkyl halides is 4. The fourth-order valence-corrected chi connectivity index (χ4v) is 6.46. The third-order valence-corrected chi connectivity index (χ3v) is 8.71. The van der Waals surface area contributed by atoms with Gasteiger partial charge in [-0.2, -0.15) is 17.6 Å². The molecule has 0 fully saturated rings. The second-order valence-corrected chi connectivity index (χ2v) is 13.8. The van der Waals surface area contributed by atoms with E-state index in [2.05, 4.69) is 36.4 Å². The van der Waals surface area contributed by atoms with Crippen molar-refractivity contribution in [1.29, 1.82) is 0 Å². The maximum absolute atomic E-state index is 13.9. The summed E-state index contributed by atoms with van der Waals surface area (Å²) < 4.78 is 104. The molecule has 1 atom stereocenters. The van der Waals surface area contributed by atoms with Gasteiger partial charge in [-0.25, -0.2) is 13.0 Å². The first-order chi connectivity index (χ1) is 14.9. The minimum Gasteiger partial charge on any atom is -0.420 e. The lowest BCUT2D eigenvalue weighted by atomic mass is 10.1.